The zero-order chi connectivity index (χ0) is 14.1. The number of imidazole rings is 1. The third-order valence-electron chi connectivity index (χ3n) is 3.83. The summed E-state index contributed by atoms with van der Waals surface area (Å²) in [7, 11) is 0. The predicted octanol–water partition coefficient (Wildman–Crippen LogP) is 2.04. The molecule has 7 heteroatoms. The Kier molecular flexibility index (Phi) is 3.27. The number of anilines is 1. The number of nitro groups is 1. The molecule has 20 heavy (non-hydrogen) atoms. The van der Waals surface area contributed by atoms with Crippen molar-refractivity contribution in [1.82, 2.24) is 9.97 Å². The Bertz CT molecular complexity index is 640. The lowest BCUT2D eigenvalue weighted by atomic mass is 10.1. The summed E-state index contributed by atoms with van der Waals surface area (Å²) in [5.74, 6) is 0.831. The van der Waals surface area contributed by atoms with Gasteiger partial charge in [-0.1, -0.05) is 6.42 Å². The molecule has 1 aliphatic carbocycles. The van der Waals surface area contributed by atoms with Crippen molar-refractivity contribution in [2.75, 3.05) is 11.9 Å². The molecule has 2 unspecified atom stereocenters. The second-order valence-electron chi connectivity index (χ2n) is 5.18. The van der Waals surface area contributed by atoms with Crippen LogP contribution in [-0.4, -0.2) is 32.6 Å². The van der Waals surface area contributed by atoms with Crippen LogP contribution in [0.2, 0.25) is 0 Å². The van der Waals surface area contributed by atoms with E-state index in [1.807, 2.05) is 0 Å². The maximum atomic E-state index is 10.7. The standard InChI is InChI=1S/C13H16N4O3/c18-12-3-1-2-8(12)7-14-13-15-10-5-4-9(17(19)20)6-11(10)16-13/h4-6,8,12,18H,1-3,7H2,(H2,14,15,16). The van der Waals surface area contributed by atoms with E-state index in [1.165, 1.54) is 12.1 Å². The smallest absolute Gasteiger partial charge is 0.271 e. The number of nitro benzene ring substituents is 1. The zero-order valence-electron chi connectivity index (χ0n) is 10.9. The van der Waals surface area contributed by atoms with E-state index in [-0.39, 0.29) is 17.7 Å². The second kappa shape index (κ2) is 5.09. The molecular weight excluding hydrogens is 260 g/mol. The molecule has 2 aromatic rings. The molecule has 106 valence electrons. The molecule has 0 amide bonds. The molecule has 2 atom stereocenters. The normalized spacial score (nSPS) is 22.2. The molecule has 7 nitrogen and oxygen atoms in total. The van der Waals surface area contributed by atoms with Gasteiger partial charge in [0.15, 0.2) is 0 Å². The second-order valence-corrected chi connectivity index (χ2v) is 5.18. The molecular formula is C13H16N4O3. The van der Waals surface area contributed by atoms with Gasteiger partial charge in [-0.15, -0.1) is 0 Å². The summed E-state index contributed by atoms with van der Waals surface area (Å²) in [5, 5.41) is 23.6. The summed E-state index contributed by atoms with van der Waals surface area (Å²) >= 11 is 0. The Balaban J connectivity index is 1.74. The average Bonchev–Trinajstić information content (AvgIpc) is 3.00. The first kappa shape index (κ1) is 12.9. The number of hydrogen-bond donors (Lipinski definition) is 3. The van der Waals surface area contributed by atoms with Crippen molar-refractivity contribution < 1.29 is 10.0 Å². The summed E-state index contributed by atoms with van der Waals surface area (Å²) in [5.41, 5.74) is 1.36. The fraction of sp³-hybridized carbons (Fsp3) is 0.462. The first-order valence-electron chi connectivity index (χ1n) is 6.69. The summed E-state index contributed by atoms with van der Waals surface area (Å²) < 4.78 is 0. The monoisotopic (exact) mass is 276 g/mol. The molecule has 3 N–H and O–H groups in total. The van der Waals surface area contributed by atoms with E-state index in [2.05, 4.69) is 15.3 Å². The molecule has 0 aliphatic heterocycles. The molecule has 1 saturated carbocycles. The number of aliphatic hydroxyl groups is 1. The largest absolute Gasteiger partial charge is 0.393 e. The molecule has 1 aromatic heterocycles. The highest BCUT2D eigenvalue weighted by atomic mass is 16.6. The summed E-state index contributed by atoms with van der Waals surface area (Å²) in [4.78, 5) is 17.6. The lowest BCUT2D eigenvalue weighted by Crippen LogP contribution is -2.22. The van der Waals surface area contributed by atoms with Gasteiger partial charge in [-0.25, -0.2) is 4.98 Å². The topological polar surface area (TPSA) is 104 Å². The van der Waals surface area contributed by atoms with Gasteiger partial charge in [0.05, 0.1) is 22.1 Å². The van der Waals surface area contributed by atoms with Crippen LogP contribution in [0.4, 0.5) is 11.6 Å². The maximum Gasteiger partial charge on any atom is 0.271 e. The van der Waals surface area contributed by atoms with Gasteiger partial charge in [0.2, 0.25) is 5.95 Å². The van der Waals surface area contributed by atoms with E-state index in [9.17, 15) is 15.2 Å². The van der Waals surface area contributed by atoms with Crippen molar-refractivity contribution in [3.63, 3.8) is 0 Å². The van der Waals surface area contributed by atoms with E-state index in [0.717, 1.165) is 19.3 Å². The number of aromatic amines is 1. The number of nitrogens with zero attached hydrogens (tertiary/aromatic N) is 2. The van der Waals surface area contributed by atoms with Gasteiger partial charge in [0.25, 0.3) is 5.69 Å². The van der Waals surface area contributed by atoms with Crippen molar-refractivity contribution in [2.45, 2.75) is 25.4 Å². The third kappa shape index (κ3) is 2.44. The van der Waals surface area contributed by atoms with E-state index >= 15 is 0 Å². The molecule has 1 fully saturated rings. The van der Waals surface area contributed by atoms with Crippen LogP contribution in [0.25, 0.3) is 11.0 Å². The van der Waals surface area contributed by atoms with Crippen LogP contribution in [0.3, 0.4) is 0 Å². The first-order valence-corrected chi connectivity index (χ1v) is 6.69. The minimum atomic E-state index is -0.428. The lowest BCUT2D eigenvalue weighted by Gasteiger charge is -2.14. The van der Waals surface area contributed by atoms with Gasteiger partial charge in [-0.3, -0.25) is 10.1 Å². The number of H-pyrrole nitrogens is 1. The van der Waals surface area contributed by atoms with E-state index < -0.39 is 4.92 Å². The Morgan fingerprint density at radius 3 is 3.05 bits per heavy atom. The first-order chi connectivity index (χ1) is 9.63. The van der Waals surface area contributed by atoms with Gasteiger partial charge in [0.1, 0.15) is 0 Å². The Hall–Kier alpha value is -2.15. The van der Waals surface area contributed by atoms with Crippen molar-refractivity contribution in [2.24, 2.45) is 5.92 Å². The highest BCUT2D eigenvalue weighted by molar-refractivity contribution is 5.79. The molecule has 1 aromatic carbocycles. The Morgan fingerprint density at radius 2 is 2.35 bits per heavy atom. The third-order valence-corrected chi connectivity index (χ3v) is 3.83. The molecule has 1 aliphatic rings. The average molecular weight is 276 g/mol. The maximum absolute atomic E-state index is 10.7. The SMILES string of the molecule is O=[N+]([O-])c1ccc2nc(NCC3CCCC3O)[nH]c2c1. The quantitative estimate of drug-likeness (QED) is 0.585. The van der Waals surface area contributed by atoms with Gasteiger partial charge in [0, 0.05) is 24.6 Å². The Labute approximate surface area is 115 Å². The minimum absolute atomic E-state index is 0.0407. The number of fused-ring (bicyclic) bond motifs is 1. The number of benzene rings is 1. The highest BCUT2D eigenvalue weighted by Crippen LogP contribution is 2.26. The minimum Gasteiger partial charge on any atom is -0.393 e. The molecule has 0 bridgehead atoms. The van der Waals surface area contributed by atoms with Crippen molar-refractivity contribution in [1.29, 1.82) is 0 Å². The number of non-ortho nitro benzene ring substituents is 1. The number of nitrogens with one attached hydrogen (secondary N) is 2. The van der Waals surface area contributed by atoms with Crippen molar-refractivity contribution >= 4 is 22.7 Å². The molecule has 1 heterocycles. The van der Waals surface area contributed by atoms with Gasteiger partial charge in [-0.05, 0) is 18.9 Å². The van der Waals surface area contributed by atoms with Crippen molar-refractivity contribution in [3.05, 3.63) is 28.3 Å². The lowest BCUT2D eigenvalue weighted by molar-refractivity contribution is -0.384. The molecule has 3 rings (SSSR count). The number of aromatic nitrogens is 2. The number of aliphatic hydroxyl groups excluding tert-OH is 1. The predicted molar refractivity (Wildman–Crippen MR) is 74.6 cm³/mol. The fourth-order valence-corrected chi connectivity index (χ4v) is 2.68. The van der Waals surface area contributed by atoms with E-state index in [1.54, 1.807) is 6.07 Å². The summed E-state index contributed by atoms with van der Waals surface area (Å²) in [6.07, 6.45) is 2.69. The number of hydrogen-bond acceptors (Lipinski definition) is 5. The van der Waals surface area contributed by atoms with Gasteiger partial charge in [-0.2, -0.15) is 0 Å². The van der Waals surface area contributed by atoms with Gasteiger partial charge >= 0.3 is 0 Å². The van der Waals surface area contributed by atoms with E-state index in [0.29, 0.717) is 23.5 Å². The summed E-state index contributed by atoms with van der Waals surface area (Å²) in [6.45, 7) is 0.656. The highest BCUT2D eigenvalue weighted by Gasteiger charge is 2.25. The van der Waals surface area contributed by atoms with Gasteiger partial charge < -0.3 is 15.4 Å². The Morgan fingerprint density at radius 1 is 1.50 bits per heavy atom. The number of rotatable bonds is 4. The molecule has 0 spiro atoms. The van der Waals surface area contributed by atoms with Crippen LogP contribution in [0, 0.1) is 16.0 Å². The van der Waals surface area contributed by atoms with Crippen LogP contribution in [0.5, 0.6) is 0 Å². The molecule has 0 radical (unpaired) electrons. The van der Waals surface area contributed by atoms with Crippen molar-refractivity contribution in [3.8, 4) is 0 Å². The zero-order valence-corrected chi connectivity index (χ0v) is 10.9. The van der Waals surface area contributed by atoms with Crippen LogP contribution in [0.15, 0.2) is 18.2 Å². The van der Waals surface area contributed by atoms with Crippen LogP contribution >= 0.6 is 0 Å². The van der Waals surface area contributed by atoms with Crippen LogP contribution in [-0.2, 0) is 0 Å². The van der Waals surface area contributed by atoms with Crippen LogP contribution < -0.4 is 5.32 Å². The molecule has 0 saturated heterocycles. The summed E-state index contributed by atoms with van der Waals surface area (Å²) in [6, 6.07) is 4.53. The van der Waals surface area contributed by atoms with Crippen LogP contribution in [0.1, 0.15) is 19.3 Å². The van der Waals surface area contributed by atoms with E-state index in [4.69, 9.17) is 0 Å². The fourth-order valence-electron chi connectivity index (χ4n) is 2.68.